The Balaban J connectivity index is 1.20. The number of rotatable bonds is 8. The summed E-state index contributed by atoms with van der Waals surface area (Å²) in [7, 11) is 1.77. The minimum atomic E-state index is 0.00484. The van der Waals surface area contributed by atoms with Gasteiger partial charge < -0.3 is 14.4 Å². The van der Waals surface area contributed by atoms with Crippen LogP contribution in [0.4, 0.5) is 5.69 Å². The van der Waals surface area contributed by atoms with Crippen LogP contribution in [-0.2, 0) is 10.5 Å². The molecule has 2 aliphatic rings. The van der Waals surface area contributed by atoms with E-state index < -0.39 is 0 Å². The maximum absolute atomic E-state index is 6.43. The van der Waals surface area contributed by atoms with E-state index in [1.807, 2.05) is 30.3 Å². The lowest BCUT2D eigenvalue weighted by molar-refractivity contribution is 0.0347. The number of nitrogens with zero attached hydrogens (tertiary/aromatic N) is 3. The van der Waals surface area contributed by atoms with Crippen molar-refractivity contribution in [1.82, 2.24) is 9.29 Å². The van der Waals surface area contributed by atoms with Crippen molar-refractivity contribution in [3.8, 4) is 5.75 Å². The lowest BCUT2D eigenvalue weighted by Crippen LogP contribution is -2.31. The largest absolute Gasteiger partial charge is 0.486 e. The Hall–Kier alpha value is -2.54. The normalized spacial score (nSPS) is 23.2. The smallest absolute Gasteiger partial charge is 0.144 e. The van der Waals surface area contributed by atoms with Crippen LogP contribution in [0.25, 0.3) is 0 Å². The van der Waals surface area contributed by atoms with E-state index >= 15 is 0 Å². The predicted octanol–water partition coefficient (Wildman–Crippen LogP) is 5.35. The maximum Gasteiger partial charge on any atom is 0.144 e. The molecule has 5 nitrogen and oxygen atoms in total. The van der Waals surface area contributed by atoms with E-state index in [1.165, 1.54) is 29.8 Å². The SMILES string of the molecule is COC1CN(c2ccccc2)CC1Oc1cccc(CSN2CCCC2c2ccccn2)c1. The van der Waals surface area contributed by atoms with Crippen molar-refractivity contribution >= 4 is 17.6 Å². The summed E-state index contributed by atoms with van der Waals surface area (Å²) in [6, 6.07) is 25.6. The van der Waals surface area contributed by atoms with Gasteiger partial charge in [-0.25, -0.2) is 4.31 Å². The van der Waals surface area contributed by atoms with Crippen molar-refractivity contribution in [3.05, 3.63) is 90.3 Å². The standard InChI is InChI=1S/C27H31N3O2S/c1-31-26-18-29(22-10-3-2-4-11-22)19-27(26)32-23-12-7-9-21(17-23)20-33-30-16-8-14-25(30)24-13-5-6-15-28-24/h2-7,9-13,15,17,25-27H,8,14,16,18-20H2,1H3. The number of pyridine rings is 1. The molecule has 3 heterocycles. The van der Waals surface area contributed by atoms with E-state index in [-0.39, 0.29) is 12.2 Å². The minimum Gasteiger partial charge on any atom is -0.486 e. The van der Waals surface area contributed by atoms with E-state index in [2.05, 4.69) is 74.9 Å². The zero-order valence-electron chi connectivity index (χ0n) is 19.0. The highest BCUT2D eigenvalue weighted by Gasteiger charge is 2.35. The number of hydrogen-bond acceptors (Lipinski definition) is 6. The molecule has 2 aromatic carbocycles. The summed E-state index contributed by atoms with van der Waals surface area (Å²) in [6.45, 7) is 2.76. The zero-order chi connectivity index (χ0) is 22.5. The molecule has 3 atom stereocenters. The van der Waals surface area contributed by atoms with Crippen molar-refractivity contribution in [2.24, 2.45) is 0 Å². The molecular weight excluding hydrogens is 430 g/mol. The van der Waals surface area contributed by atoms with Crippen LogP contribution in [-0.4, -0.2) is 48.2 Å². The molecule has 2 aliphatic heterocycles. The molecule has 0 radical (unpaired) electrons. The lowest BCUT2D eigenvalue weighted by atomic mass is 10.1. The molecule has 0 aliphatic carbocycles. The van der Waals surface area contributed by atoms with Gasteiger partial charge in [-0.05, 0) is 54.8 Å². The van der Waals surface area contributed by atoms with E-state index in [4.69, 9.17) is 9.47 Å². The number of methoxy groups -OCH3 is 1. The van der Waals surface area contributed by atoms with E-state index in [9.17, 15) is 0 Å². The first-order valence-corrected chi connectivity index (χ1v) is 12.6. The third-order valence-corrected chi connectivity index (χ3v) is 7.69. The molecule has 0 bridgehead atoms. The van der Waals surface area contributed by atoms with Crippen LogP contribution in [0.5, 0.6) is 5.75 Å². The van der Waals surface area contributed by atoms with Crippen LogP contribution in [0.1, 0.15) is 30.1 Å². The molecule has 0 amide bonds. The summed E-state index contributed by atoms with van der Waals surface area (Å²) in [4.78, 5) is 6.93. The molecule has 5 rings (SSSR count). The second kappa shape index (κ2) is 10.6. The molecule has 1 aromatic heterocycles. The number of para-hydroxylation sites is 1. The first kappa shape index (κ1) is 22.3. The molecule has 33 heavy (non-hydrogen) atoms. The van der Waals surface area contributed by atoms with E-state index in [0.29, 0.717) is 6.04 Å². The van der Waals surface area contributed by atoms with Crippen LogP contribution in [0.15, 0.2) is 79.0 Å². The predicted molar refractivity (Wildman–Crippen MR) is 135 cm³/mol. The topological polar surface area (TPSA) is 37.8 Å². The van der Waals surface area contributed by atoms with Crippen LogP contribution < -0.4 is 9.64 Å². The number of ether oxygens (including phenoxy) is 2. The number of aromatic nitrogens is 1. The van der Waals surface area contributed by atoms with Crippen molar-refractivity contribution < 1.29 is 9.47 Å². The Morgan fingerprint density at radius 2 is 1.82 bits per heavy atom. The summed E-state index contributed by atoms with van der Waals surface area (Å²) in [5.41, 5.74) is 3.66. The lowest BCUT2D eigenvalue weighted by Gasteiger charge is -2.23. The quantitative estimate of drug-likeness (QED) is 0.421. The average Bonchev–Trinajstić information content (AvgIpc) is 3.51. The van der Waals surface area contributed by atoms with Gasteiger partial charge in [-0.1, -0.05) is 48.3 Å². The highest BCUT2D eigenvalue weighted by Crippen LogP contribution is 2.37. The Labute approximate surface area is 200 Å². The van der Waals surface area contributed by atoms with Crippen molar-refractivity contribution in [3.63, 3.8) is 0 Å². The third-order valence-electron chi connectivity index (χ3n) is 6.46. The molecule has 2 fully saturated rings. The first-order valence-electron chi connectivity index (χ1n) is 11.7. The van der Waals surface area contributed by atoms with Gasteiger partial charge in [-0.15, -0.1) is 0 Å². The molecule has 0 spiro atoms. The molecule has 0 saturated carbocycles. The van der Waals surface area contributed by atoms with Gasteiger partial charge >= 0.3 is 0 Å². The second-order valence-corrected chi connectivity index (χ2v) is 9.66. The van der Waals surface area contributed by atoms with Gasteiger partial charge in [0.25, 0.3) is 0 Å². The Kier molecular flexibility index (Phi) is 7.15. The Bertz CT molecular complexity index is 1020. The van der Waals surface area contributed by atoms with Crippen molar-refractivity contribution in [1.29, 1.82) is 0 Å². The Morgan fingerprint density at radius 1 is 0.970 bits per heavy atom. The van der Waals surface area contributed by atoms with Crippen LogP contribution in [0.2, 0.25) is 0 Å². The van der Waals surface area contributed by atoms with E-state index in [1.54, 1.807) is 7.11 Å². The van der Waals surface area contributed by atoms with Gasteiger partial charge in [0.2, 0.25) is 0 Å². The van der Waals surface area contributed by atoms with Gasteiger partial charge in [0.1, 0.15) is 18.0 Å². The monoisotopic (exact) mass is 461 g/mol. The summed E-state index contributed by atoms with van der Waals surface area (Å²) < 4.78 is 14.7. The van der Waals surface area contributed by atoms with Crippen LogP contribution in [0, 0.1) is 0 Å². The molecule has 3 aromatic rings. The van der Waals surface area contributed by atoms with Gasteiger partial charge in [0.15, 0.2) is 0 Å². The van der Waals surface area contributed by atoms with Gasteiger partial charge in [0, 0.05) is 37.8 Å². The zero-order valence-corrected chi connectivity index (χ0v) is 19.9. The van der Waals surface area contributed by atoms with E-state index in [0.717, 1.165) is 31.1 Å². The van der Waals surface area contributed by atoms with Gasteiger partial charge in [-0.3, -0.25) is 4.98 Å². The Morgan fingerprint density at radius 3 is 2.64 bits per heavy atom. The van der Waals surface area contributed by atoms with Crippen molar-refractivity contribution in [2.45, 2.75) is 36.8 Å². The molecule has 172 valence electrons. The van der Waals surface area contributed by atoms with Gasteiger partial charge in [0.05, 0.1) is 18.3 Å². The summed E-state index contributed by atoms with van der Waals surface area (Å²) >= 11 is 1.90. The molecular formula is C27H31N3O2S. The van der Waals surface area contributed by atoms with Crippen molar-refractivity contribution in [2.75, 3.05) is 31.6 Å². The minimum absolute atomic E-state index is 0.00484. The highest BCUT2D eigenvalue weighted by molar-refractivity contribution is 7.96. The average molecular weight is 462 g/mol. The highest BCUT2D eigenvalue weighted by atomic mass is 32.2. The number of anilines is 1. The molecule has 3 unspecified atom stereocenters. The summed E-state index contributed by atoms with van der Waals surface area (Å²) in [6.07, 6.45) is 4.34. The van der Waals surface area contributed by atoms with Crippen LogP contribution >= 0.6 is 11.9 Å². The summed E-state index contributed by atoms with van der Waals surface area (Å²) in [5, 5.41) is 0. The molecule has 6 heteroatoms. The fourth-order valence-electron chi connectivity index (χ4n) is 4.74. The third kappa shape index (κ3) is 5.35. The number of hydrogen-bond donors (Lipinski definition) is 0. The second-order valence-electron chi connectivity index (χ2n) is 8.65. The molecule has 0 N–H and O–H groups in total. The molecule has 2 saturated heterocycles. The number of benzene rings is 2. The summed E-state index contributed by atoms with van der Waals surface area (Å²) in [5.74, 6) is 1.84. The first-order chi connectivity index (χ1) is 16.3. The maximum atomic E-state index is 6.43. The van der Waals surface area contributed by atoms with Crippen LogP contribution in [0.3, 0.4) is 0 Å². The van der Waals surface area contributed by atoms with Gasteiger partial charge in [-0.2, -0.15) is 0 Å². The fourth-order valence-corrected chi connectivity index (χ4v) is 5.88. The fraction of sp³-hybridized carbons (Fsp3) is 0.370.